The van der Waals surface area contributed by atoms with Gasteiger partial charge in [-0.3, -0.25) is 0 Å². The number of nitrogens with two attached hydrogens (primary N) is 2. The van der Waals surface area contributed by atoms with Crippen LogP contribution in [0, 0.1) is 0 Å². The largest absolute Gasteiger partial charge is 0.402 e. The van der Waals surface area contributed by atoms with Crippen LogP contribution in [-0.4, -0.2) is 36.8 Å². The van der Waals surface area contributed by atoms with Crippen molar-refractivity contribution >= 4 is 5.70 Å². The van der Waals surface area contributed by atoms with Crippen molar-refractivity contribution in [3.8, 4) is 0 Å². The molecule has 1 aliphatic heterocycles. The van der Waals surface area contributed by atoms with Crippen molar-refractivity contribution in [3.63, 3.8) is 0 Å². The zero-order chi connectivity index (χ0) is 16.9. The highest BCUT2D eigenvalue weighted by atomic mass is 16.5. The fourth-order valence-electron chi connectivity index (χ4n) is 2.12. The number of aromatic nitrogens is 2. The Balaban J connectivity index is 0.000000446. The zero-order valence-corrected chi connectivity index (χ0v) is 14.2. The third-order valence-corrected chi connectivity index (χ3v) is 3.41. The Hall–Kier alpha value is -1.92. The van der Waals surface area contributed by atoms with E-state index >= 15 is 0 Å². The van der Waals surface area contributed by atoms with E-state index in [1.807, 2.05) is 13.0 Å². The summed E-state index contributed by atoms with van der Waals surface area (Å²) in [5, 5.41) is 3.22. The smallest absolute Gasteiger partial charge is 0.175 e. The number of nitrogens with one attached hydrogen (secondary N) is 1. The van der Waals surface area contributed by atoms with Gasteiger partial charge in [0.25, 0.3) is 0 Å². The molecule has 0 unspecified atom stereocenters. The Morgan fingerprint density at radius 1 is 1.26 bits per heavy atom. The lowest BCUT2D eigenvalue weighted by Crippen LogP contribution is -2.05. The highest BCUT2D eigenvalue weighted by molar-refractivity contribution is 5.59. The van der Waals surface area contributed by atoms with Crippen molar-refractivity contribution < 1.29 is 4.74 Å². The van der Waals surface area contributed by atoms with Gasteiger partial charge in [0.1, 0.15) is 0 Å². The number of rotatable bonds is 6. The zero-order valence-electron chi connectivity index (χ0n) is 14.2. The van der Waals surface area contributed by atoms with Gasteiger partial charge < -0.3 is 21.5 Å². The molecule has 1 aliphatic rings. The summed E-state index contributed by atoms with van der Waals surface area (Å²) in [5.41, 5.74) is 14.1. The van der Waals surface area contributed by atoms with Crippen LogP contribution in [0.2, 0.25) is 0 Å². The number of hydrogen-bond donors (Lipinski definition) is 3. The summed E-state index contributed by atoms with van der Waals surface area (Å²) >= 11 is 0. The molecule has 6 heteroatoms. The van der Waals surface area contributed by atoms with Gasteiger partial charge >= 0.3 is 0 Å². The molecule has 6 nitrogen and oxygen atoms in total. The topological polar surface area (TPSA) is 99.1 Å². The average Bonchev–Trinajstić information content (AvgIpc) is 3.14. The summed E-state index contributed by atoms with van der Waals surface area (Å²) in [6.07, 6.45) is 9.66. The van der Waals surface area contributed by atoms with Crippen molar-refractivity contribution in [1.29, 1.82) is 0 Å². The molecular formula is C17H29N5O. The average molecular weight is 319 g/mol. The maximum atomic E-state index is 5.95. The summed E-state index contributed by atoms with van der Waals surface area (Å²) in [6, 6.07) is 1.75. The lowest BCUT2D eigenvalue weighted by Gasteiger charge is -2.06. The van der Waals surface area contributed by atoms with Crippen LogP contribution in [0.25, 0.3) is 5.70 Å². The van der Waals surface area contributed by atoms with E-state index in [1.54, 1.807) is 25.6 Å². The molecule has 1 saturated heterocycles. The summed E-state index contributed by atoms with van der Waals surface area (Å²) in [4.78, 5) is 8.19. The monoisotopic (exact) mass is 319 g/mol. The van der Waals surface area contributed by atoms with Crippen LogP contribution in [0.15, 0.2) is 35.8 Å². The first-order valence-electron chi connectivity index (χ1n) is 8.04. The summed E-state index contributed by atoms with van der Waals surface area (Å²) in [6.45, 7) is 5.06. The van der Waals surface area contributed by atoms with Gasteiger partial charge in [-0.25, -0.2) is 9.97 Å². The summed E-state index contributed by atoms with van der Waals surface area (Å²) in [7, 11) is 1.68. The number of allylic oxidation sites excluding steroid dienone is 3. The van der Waals surface area contributed by atoms with Crippen LogP contribution in [0.4, 0.5) is 0 Å². The molecule has 23 heavy (non-hydrogen) atoms. The molecule has 1 fully saturated rings. The Morgan fingerprint density at radius 3 is 2.39 bits per heavy atom. The first kappa shape index (κ1) is 19.1. The first-order valence-corrected chi connectivity index (χ1v) is 8.04. The van der Waals surface area contributed by atoms with E-state index in [4.69, 9.17) is 16.2 Å². The van der Waals surface area contributed by atoms with Crippen LogP contribution >= 0.6 is 0 Å². The molecule has 0 saturated carbocycles. The van der Waals surface area contributed by atoms with E-state index in [0.29, 0.717) is 18.1 Å². The van der Waals surface area contributed by atoms with E-state index in [2.05, 4.69) is 15.3 Å². The Morgan fingerprint density at radius 2 is 1.91 bits per heavy atom. The molecule has 0 aromatic carbocycles. The minimum atomic E-state index is 0.517. The van der Waals surface area contributed by atoms with Gasteiger partial charge in [-0.1, -0.05) is 0 Å². The van der Waals surface area contributed by atoms with E-state index in [-0.39, 0.29) is 0 Å². The van der Waals surface area contributed by atoms with Crippen molar-refractivity contribution in [2.45, 2.75) is 32.6 Å². The van der Waals surface area contributed by atoms with Crippen molar-refractivity contribution in [3.05, 3.63) is 41.6 Å². The van der Waals surface area contributed by atoms with Crippen LogP contribution < -0.4 is 16.8 Å². The van der Waals surface area contributed by atoms with Gasteiger partial charge in [-0.05, 0) is 63.4 Å². The van der Waals surface area contributed by atoms with Crippen molar-refractivity contribution in [1.82, 2.24) is 15.3 Å². The van der Waals surface area contributed by atoms with E-state index in [1.165, 1.54) is 25.9 Å². The number of hydrogen-bond acceptors (Lipinski definition) is 6. The van der Waals surface area contributed by atoms with Crippen LogP contribution in [0.5, 0.6) is 0 Å². The molecule has 5 N–H and O–H groups in total. The molecule has 0 radical (unpaired) electrons. The number of nitrogens with zero attached hydrogens (tertiary/aromatic N) is 2. The van der Waals surface area contributed by atoms with Gasteiger partial charge in [0.05, 0.1) is 5.70 Å². The quantitative estimate of drug-likeness (QED) is 0.546. The molecule has 2 heterocycles. The molecule has 0 spiro atoms. The fraction of sp³-hybridized carbons (Fsp3) is 0.529. The van der Waals surface area contributed by atoms with Crippen LogP contribution in [-0.2, 0) is 4.74 Å². The van der Waals surface area contributed by atoms with Gasteiger partial charge in [0.15, 0.2) is 5.82 Å². The summed E-state index contributed by atoms with van der Waals surface area (Å²) < 4.78 is 5.02. The predicted molar refractivity (Wildman–Crippen MR) is 94.3 cm³/mol. The standard InChI is InChI=1S/C13H20N4O.C4H9N/c1-10(14)11(5-3-8-18-2)9-12(15)13-16-6-4-7-17-13;1-2-4-5-3-1/h4,6-7,9H,3,5,8,14-15H2,1-2H3;5H,1-4H2/b11-10-,12-9-;. The molecule has 1 aromatic heterocycles. The molecule has 0 bridgehead atoms. The second-order valence-electron chi connectivity index (χ2n) is 5.43. The number of ether oxygens (including phenoxy) is 1. The van der Waals surface area contributed by atoms with Gasteiger partial charge in [0, 0.05) is 31.8 Å². The second-order valence-corrected chi connectivity index (χ2v) is 5.43. The van der Waals surface area contributed by atoms with E-state index in [9.17, 15) is 0 Å². The van der Waals surface area contributed by atoms with Gasteiger partial charge in [-0.2, -0.15) is 0 Å². The predicted octanol–water partition coefficient (Wildman–Crippen LogP) is 1.81. The summed E-state index contributed by atoms with van der Waals surface area (Å²) in [5.74, 6) is 0.517. The maximum Gasteiger partial charge on any atom is 0.175 e. The third kappa shape index (κ3) is 8.32. The van der Waals surface area contributed by atoms with E-state index < -0.39 is 0 Å². The minimum Gasteiger partial charge on any atom is -0.402 e. The molecular weight excluding hydrogens is 290 g/mol. The Kier molecular flexibility index (Phi) is 9.66. The van der Waals surface area contributed by atoms with Crippen molar-refractivity contribution in [2.24, 2.45) is 11.5 Å². The normalized spacial score (nSPS) is 15.7. The second kappa shape index (κ2) is 11.6. The highest BCUT2D eigenvalue weighted by Gasteiger charge is 2.03. The third-order valence-electron chi connectivity index (χ3n) is 3.41. The first-order chi connectivity index (χ1) is 11.1. The molecule has 1 aromatic rings. The molecule has 0 amide bonds. The molecule has 0 atom stereocenters. The molecule has 2 rings (SSSR count). The maximum absolute atomic E-state index is 5.95. The Bertz CT molecular complexity index is 483. The fourth-order valence-corrected chi connectivity index (χ4v) is 2.12. The van der Waals surface area contributed by atoms with Gasteiger partial charge in [-0.15, -0.1) is 0 Å². The van der Waals surface area contributed by atoms with Crippen molar-refractivity contribution in [2.75, 3.05) is 26.8 Å². The molecule has 0 aliphatic carbocycles. The van der Waals surface area contributed by atoms with Crippen LogP contribution in [0.1, 0.15) is 38.4 Å². The minimum absolute atomic E-state index is 0.517. The Labute approximate surface area is 139 Å². The lowest BCUT2D eigenvalue weighted by molar-refractivity contribution is 0.195. The molecule has 128 valence electrons. The van der Waals surface area contributed by atoms with Gasteiger partial charge in [0.2, 0.25) is 0 Å². The highest BCUT2D eigenvalue weighted by Crippen LogP contribution is 2.14. The van der Waals surface area contributed by atoms with Crippen LogP contribution in [0.3, 0.4) is 0 Å². The SMILES string of the molecule is C1CCNC1.COCCCC(/C=C(\N)c1ncccn1)=C(\C)N. The lowest BCUT2D eigenvalue weighted by atomic mass is 10.1. The van der Waals surface area contributed by atoms with E-state index in [0.717, 1.165) is 24.1 Å². The number of methoxy groups -OCH3 is 1.